The highest BCUT2D eigenvalue weighted by molar-refractivity contribution is 6.30. The van der Waals surface area contributed by atoms with Crippen LogP contribution >= 0.6 is 11.6 Å². The maximum absolute atomic E-state index is 12.8. The van der Waals surface area contributed by atoms with Crippen molar-refractivity contribution < 1.29 is 14.3 Å². The fraction of sp³-hybridized carbons (Fsp3) is 0.333. The Morgan fingerprint density at radius 2 is 1.70 bits per heavy atom. The summed E-state index contributed by atoms with van der Waals surface area (Å²) in [6.07, 6.45) is 1.11. The van der Waals surface area contributed by atoms with Gasteiger partial charge >= 0.3 is 0 Å². The fourth-order valence-electron chi connectivity index (χ4n) is 2.61. The number of rotatable bonds is 9. The van der Waals surface area contributed by atoms with Gasteiger partial charge in [0.05, 0.1) is 0 Å². The number of halogens is 1. The van der Waals surface area contributed by atoms with Crippen molar-refractivity contribution in [3.05, 3.63) is 70.7 Å². The minimum atomic E-state index is -0.680. The van der Waals surface area contributed by atoms with Crippen LogP contribution < -0.4 is 10.6 Å². The van der Waals surface area contributed by atoms with Crippen molar-refractivity contribution in [1.29, 1.82) is 0 Å². The largest absolute Gasteiger partial charge is 0.385 e. The first-order chi connectivity index (χ1) is 13.0. The van der Waals surface area contributed by atoms with Gasteiger partial charge in [-0.2, -0.15) is 0 Å². The van der Waals surface area contributed by atoms with Crippen LogP contribution in [0.5, 0.6) is 0 Å². The first-order valence-electron chi connectivity index (χ1n) is 8.89. The van der Waals surface area contributed by atoms with Gasteiger partial charge in [0.25, 0.3) is 5.91 Å². The van der Waals surface area contributed by atoms with Gasteiger partial charge in [0.15, 0.2) is 0 Å². The van der Waals surface area contributed by atoms with Gasteiger partial charge in [0.1, 0.15) is 6.04 Å². The molecular formula is C21H25ClN2O3. The van der Waals surface area contributed by atoms with E-state index in [0.29, 0.717) is 30.0 Å². The molecule has 0 aromatic heterocycles. The number of nitrogens with one attached hydrogen (secondary N) is 2. The Bertz CT molecular complexity index is 735. The van der Waals surface area contributed by atoms with E-state index >= 15 is 0 Å². The average molecular weight is 389 g/mol. The van der Waals surface area contributed by atoms with E-state index in [9.17, 15) is 9.59 Å². The molecule has 0 aliphatic carbocycles. The van der Waals surface area contributed by atoms with E-state index in [2.05, 4.69) is 10.6 Å². The summed E-state index contributed by atoms with van der Waals surface area (Å²) in [5.41, 5.74) is 1.43. The summed E-state index contributed by atoms with van der Waals surface area (Å²) >= 11 is 5.87. The number of benzene rings is 2. The summed E-state index contributed by atoms with van der Waals surface area (Å²) in [5.74, 6) is -0.530. The van der Waals surface area contributed by atoms with Crippen LogP contribution in [0, 0.1) is 0 Å². The molecule has 0 saturated heterocycles. The van der Waals surface area contributed by atoms with Crippen LogP contribution in [0.2, 0.25) is 5.02 Å². The third kappa shape index (κ3) is 7.04. The molecule has 144 valence electrons. The predicted octanol–water partition coefficient (Wildman–Crippen LogP) is 3.22. The smallest absolute Gasteiger partial charge is 0.251 e. The topological polar surface area (TPSA) is 67.4 Å². The Morgan fingerprint density at radius 1 is 1.04 bits per heavy atom. The standard InChI is InChI=1S/C21H25ClN2O3/c1-15(12-13-27-2)23-21(26)19(14-16-6-4-3-5-7-16)24-20(25)17-8-10-18(22)11-9-17/h3-11,15,19H,12-14H2,1-2H3,(H,23,26)(H,24,25). The van der Waals surface area contributed by atoms with Crippen LogP contribution in [-0.2, 0) is 16.0 Å². The molecule has 2 aromatic rings. The fourth-order valence-corrected chi connectivity index (χ4v) is 2.74. The Labute approximate surface area is 165 Å². The van der Waals surface area contributed by atoms with Crippen molar-refractivity contribution in [2.45, 2.75) is 31.8 Å². The second kappa shape index (κ2) is 10.7. The van der Waals surface area contributed by atoms with Gasteiger partial charge in [-0.25, -0.2) is 0 Å². The number of amides is 2. The Kier molecular flexibility index (Phi) is 8.30. The molecule has 2 atom stereocenters. The summed E-state index contributed by atoms with van der Waals surface area (Å²) in [6, 6.07) is 15.4. The Morgan fingerprint density at radius 3 is 2.33 bits per heavy atom. The van der Waals surface area contributed by atoms with Crippen molar-refractivity contribution in [3.63, 3.8) is 0 Å². The zero-order valence-corrected chi connectivity index (χ0v) is 16.3. The molecule has 0 heterocycles. The lowest BCUT2D eigenvalue weighted by Crippen LogP contribution is -2.50. The summed E-state index contributed by atoms with van der Waals surface area (Å²) in [6.45, 7) is 2.47. The SMILES string of the molecule is COCCC(C)NC(=O)C(Cc1ccccc1)NC(=O)c1ccc(Cl)cc1. The highest BCUT2D eigenvalue weighted by atomic mass is 35.5. The number of methoxy groups -OCH3 is 1. The number of ether oxygens (including phenoxy) is 1. The summed E-state index contributed by atoms with van der Waals surface area (Å²) in [7, 11) is 1.62. The van der Waals surface area contributed by atoms with Gasteiger partial charge in [0, 0.05) is 36.8 Å². The van der Waals surface area contributed by atoms with Crippen LogP contribution in [0.1, 0.15) is 29.3 Å². The summed E-state index contributed by atoms with van der Waals surface area (Å²) in [4.78, 5) is 25.3. The van der Waals surface area contributed by atoms with Crippen molar-refractivity contribution >= 4 is 23.4 Å². The van der Waals surface area contributed by atoms with Crippen molar-refractivity contribution in [3.8, 4) is 0 Å². The van der Waals surface area contributed by atoms with E-state index in [-0.39, 0.29) is 17.9 Å². The van der Waals surface area contributed by atoms with E-state index in [1.54, 1.807) is 31.4 Å². The second-order valence-corrected chi connectivity index (χ2v) is 6.85. The van der Waals surface area contributed by atoms with E-state index in [0.717, 1.165) is 5.56 Å². The van der Waals surface area contributed by atoms with Crippen LogP contribution in [0.25, 0.3) is 0 Å². The molecule has 2 N–H and O–H groups in total. The molecule has 6 heteroatoms. The van der Waals surface area contributed by atoms with E-state index in [1.807, 2.05) is 37.3 Å². The van der Waals surface area contributed by atoms with Crippen LogP contribution in [0.15, 0.2) is 54.6 Å². The highest BCUT2D eigenvalue weighted by Crippen LogP contribution is 2.11. The third-order valence-corrected chi connectivity index (χ3v) is 4.41. The van der Waals surface area contributed by atoms with Gasteiger partial charge in [-0.1, -0.05) is 41.9 Å². The quantitative estimate of drug-likeness (QED) is 0.693. The molecule has 0 aliphatic rings. The number of carbonyl (C=O) groups is 2. The predicted molar refractivity (Wildman–Crippen MR) is 107 cm³/mol. The lowest BCUT2D eigenvalue weighted by molar-refractivity contribution is -0.123. The first-order valence-corrected chi connectivity index (χ1v) is 9.27. The monoisotopic (exact) mass is 388 g/mol. The molecular weight excluding hydrogens is 364 g/mol. The number of carbonyl (C=O) groups excluding carboxylic acids is 2. The van der Waals surface area contributed by atoms with Gasteiger partial charge in [-0.05, 0) is 43.2 Å². The molecule has 0 aliphatic heterocycles. The molecule has 0 bridgehead atoms. The first kappa shape index (κ1) is 20.9. The van der Waals surface area contributed by atoms with Gasteiger partial charge in [-0.3, -0.25) is 9.59 Å². The van der Waals surface area contributed by atoms with Gasteiger partial charge in [0.2, 0.25) is 5.91 Å². The molecule has 0 saturated carbocycles. The number of hydrogen-bond donors (Lipinski definition) is 2. The summed E-state index contributed by atoms with van der Waals surface area (Å²) in [5, 5.41) is 6.34. The van der Waals surface area contributed by atoms with Crippen molar-refractivity contribution in [2.75, 3.05) is 13.7 Å². The lowest BCUT2D eigenvalue weighted by Gasteiger charge is -2.21. The molecule has 2 rings (SSSR count). The molecule has 2 amide bonds. The van der Waals surface area contributed by atoms with Crippen LogP contribution in [0.4, 0.5) is 0 Å². The maximum atomic E-state index is 12.8. The Balaban J connectivity index is 2.09. The van der Waals surface area contributed by atoms with E-state index < -0.39 is 6.04 Å². The van der Waals surface area contributed by atoms with Gasteiger partial charge < -0.3 is 15.4 Å². The third-order valence-electron chi connectivity index (χ3n) is 4.15. The van der Waals surface area contributed by atoms with Crippen LogP contribution in [-0.4, -0.2) is 37.6 Å². The number of hydrogen-bond acceptors (Lipinski definition) is 3. The molecule has 2 aromatic carbocycles. The van der Waals surface area contributed by atoms with Gasteiger partial charge in [-0.15, -0.1) is 0 Å². The normalized spacial score (nSPS) is 12.9. The molecule has 2 unspecified atom stereocenters. The summed E-state index contributed by atoms with van der Waals surface area (Å²) < 4.78 is 5.05. The zero-order chi connectivity index (χ0) is 19.6. The van der Waals surface area contributed by atoms with E-state index in [1.165, 1.54) is 0 Å². The maximum Gasteiger partial charge on any atom is 0.251 e. The minimum Gasteiger partial charge on any atom is -0.385 e. The molecule has 27 heavy (non-hydrogen) atoms. The minimum absolute atomic E-state index is 0.0526. The Hall–Kier alpha value is -2.37. The van der Waals surface area contributed by atoms with E-state index in [4.69, 9.17) is 16.3 Å². The van der Waals surface area contributed by atoms with Crippen molar-refractivity contribution in [1.82, 2.24) is 10.6 Å². The molecule has 0 fully saturated rings. The highest BCUT2D eigenvalue weighted by Gasteiger charge is 2.23. The average Bonchev–Trinajstić information content (AvgIpc) is 2.67. The molecule has 0 radical (unpaired) electrons. The molecule has 0 spiro atoms. The van der Waals surface area contributed by atoms with Crippen molar-refractivity contribution in [2.24, 2.45) is 0 Å². The molecule has 5 nitrogen and oxygen atoms in total. The lowest BCUT2D eigenvalue weighted by atomic mass is 10.0. The zero-order valence-electron chi connectivity index (χ0n) is 15.6. The van der Waals surface area contributed by atoms with Crippen LogP contribution in [0.3, 0.4) is 0 Å². The second-order valence-electron chi connectivity index (χ2n) is 6.41.